The van der Waals surface area contributed by atoms with Crippen LogP contribution < -0.4 is 15.9 Å². The maximum absolute atomic E-state index is 13.8. The van der Waals surface area contributed by atoms with Crippen LogP contribution in [-0.4, -0.2) is 46.8 Å². The van der Waals surface area contributed by atoms with Crippen LogP contribution in [-0.2, 0) is 0 Å². The molecule has 0 atom stereocenters. The molecule has 0 spiro atoms. The number of hydrogen-bond donors (Lipinski definition) is 2. The number of carbonyl (C=O) groups excluding carboxylic acids is 1. The second-order valence-corrected chi connectivity index (χ2v) is 7.06. The number of likely N-dealkylation sites (tertiary alicyclic amines) is 1. The van der Waals surface area contributed by atoms with Gasteiger partial charge in [-0.2, -0.15) is 15.1 Å². The predicted molar refractivity (Wildman–Crippen MR) is 109 cm³/mol. The predicted octanol–water partition coefficient (Wildman–Crippen LogP) is 3.17. The van der Waals surface area contributed by atoms with E-state index in [4.69, 9.17) is 10.6 Å². The van der Waals surface area contributed by atoms with E-state index in [9.17, 15) is 13.6 Å². The molecule has 30 heavy (non-hydrogen) atoms. The van der Waals surface area contributed by atoms with Crippen molar-refractivity contribution in [2.24, 2.45) is 10.9 Å². The second-order valence-electron chi connectivity index (χ2n) is 7.06. The van der Waals surface area contributed by atoms with Gasteiger partial charge in [0.1, 0.15) is 17.3 Å². The number of halogens is 2. The number of para-hydroxylation sites is 1. The maximum Gasteiger partial charge on any atom is 0.322 e. The molecule has 0 saturated carbocycles. The highest BCUT2D eigenvalue weighted by atomic mass is 19.1. The molecule has 0 aliphatic carbocycles. The van der Waals surface area contributed by atoms with E-state index in [1.807, 2.05) is 6.92 Å². The van der Waals surface area contributed by atoms with Gasteiger partial charge in [0.25, 0.3) is 0 Å². The smallest absolute Gasteiger partial charge is 0.322 e. The van der Waals surface area contributed by atoms with Gasteiger partial charge in [0.2, 0.25) is 0 Å². The Labute approximate surface area is 173 Å². The van der Waals surface area contributed by atoms with Crippen LogP contribution in [0.25, 0.3) is 0 Å². The zero-order valence-electron chi connectivity index (χ0n) is 17.1. The largest absolute Gasteiger partial charge is 0.467 e. The quantitative estimate of drug-likeness (QED) is 0.451. The van der Waals surface area contributed by atoms with Gasteiger partial charge < -0.3 is 20.8 Å². The average Bonchev–Trinajstić information content (AvgIpc) is 2.75. The van der Waals surface area contributed by atoms with Crippen LogP contribution in [0.15, 0.2) is 23.3 Å². The van der Waals surface area contributed by atoms with Crippen molar-refractivity contribution in [3.63, 3.8) is 0 Å². The third kappa shape index (κ3) is 4.32. The number of hydrogen-bond acceptors (Lipinski definition) is 6. The molecule has 1 aromatic heterocycles. The summed E-state index contributed by atoms with van der Waals surface area (Å²) in [5, 5.41) is 6.11. The molecule has 3 N–H and O–H groups in total. The zero-order chi connectivity index (χ0) is 21.8. The van der Waals surface area contributed by atoms with Gasteiger partial charge in [-0.15, -0.1) is 0 Å². The van der Waals surface area contributed by atoms with E-state index >= 15 is 0 Å². The molecule has 160 valence electrons. The Morgan fingerprint density at radius 1 is 1.27 bits per heavy atom. The standard InChI is InChI=1S/C20H24F2N6O2/c1-11-16(12(2)27-23)17(25-19(24-11)30-3)13-7-9-28(10-8-13)20(29)26-18-14(21)5-4-6-15(18)22/h4-6,13H,7-10,23H2,1-3H3,(H,26,29)/b27-12+. The highest BCUT2D eigenvalue weighted by Crippen LogP contribution is 2.32. The lowest BCUT2D eigenvalue weighted by atomic mass is 9.89. The van der Waals surface area contributed by atoms with Crippen molar-refractivity contribution in [2.75, 3.05) is 25.5 Å². The number of nitrogens with zero attached hydrogens (tertiary/aromatic N) is 4. The lowest BCUT2D eigenvalue weighted by Crippen LogP contribution is -2.41. The van der Waals surface area contributed by atoms with Gasteiger partial charge >= 0.3 is 12.0 Å². The fraction of sp³-hybridized carbons (Fsp3) is 0.400. The first kappa shape index (κ1) is 21.4. The molecule has 0 unspecified atom stereocenters. The number of aryl methyl sites for hydroxylation is 1. The molecule has 1 fully saturated rings. The zero-order valence-corrected chi connectivity index (χ0v) is 17.1. The molecule has 10 heteroatoms. The number of amides is 2. The normalized spacial score (nSPS) is 15.2. The Bertz CT molecular complexity index is 954. The first-order chi connectivity index (χ1) is 14.3. The summed E-state index contributed by atoms with van der Waals surface area (Å²) in [6.45, 7) is 4.42. The summed E-state index contributed by atoms with van der Waals surface area (Å²) in [5.41, 5.74) is 2.41. The fourth-order valence-electron chi connectivity index (χ4n) is 3.63. The van der Waals surface area contributed by atoms with Crippen LogP contribution in [0, 0.1) is 18.6 Å². The summed E-state index contributed by atoms with van der Waals surface area (Å²) in [4.78, 5) is 22.8. The number of ether oxygens (including phenoxy) is 1. The van der Waals surface area contributed by atoms with E-state index in [-0.39, 0.29) is 11.9 Å². The highest BCUT2D eigenvalue weighted by molar-refractivity contribution is 6.00. The van der Waals surface area contributed by atoms with E-state index in [2.05, 4.69) is 20.4 Å². The lowest BCUT2D eigenvalue weighted by Gasteiger charge is -2.32. The topological polar surface area (TPSA) is 106 Å². The molecule has 8 nitrogen and oxygen atoms in total. The number of benzene rings is 1. The van der Waals surface area contributed by atoms with Crippen molar-refractivity contribution in [1.29, 1.82) is 0 Å². The molecule has 1 aromatic carbocycles. The van der Waals surface area contributed by atoms with Crippen LogP contribution in [0.1, 0.15) is 42.6 Å². The third-order valence-electron chi connectivity index (χ3n) is 5.20. The molecule has 3 rings (SSSR count). The number of anilines is 1. The number of carbonyl (C=O) groups is 1. The van der Waals surface area contributed by atoms with E-state index in [0.717, 1.165) is 23.4 Å². The molecule has 0 radical (unpaired) electrons. The lowest BCUT2D eigenvalue weighted by molar-refractivity contribution is 0.193. The van der Waals surface area contributed by atoms with Crippen molar-refractivity contribution < 1.29 is 18.3 Å². The van der Waals surface area contributed by atoms with Gasteiger partial charge in [0.05, 0.1) is 24.2 Å². The number of methoxy groups -OCH3 is 1. The summed E-state index contributed by atoms with van der Waals surface area (Å²) in [5.74, 6) is 3.88. The first-order valence-corrected chi connectivity index (χ1v) is 9.53. The van der Waals surface area contributed by atoms with E-state index in [0.29, 0.717) is 37.3 Å². The highest BCUT2D eigenvalue weighted by Gasteiger charge is 2.29. The van der Waals surface area contributed by atoms with Gasteiger partial charge in [-0.3, -0.25) is 0 Å². The minimum atomic E-state index is -0.817. The molecule has 1 aliphatic heterocycles. The molecule has 1 aliphatic rings. The number of nitrogens with two attached hydrogens (primary N) is 1. The number of aromatic nitrogens is 2. The minimum Gasteiger partial charge on any atom is -0.467 e. The number of hydrazone groups is 1. The van der Waals surface area contributed by atoms with Crippen LogP contribution in [0.5, 0.6) is 6.01 Å². The van der Waals surface area contributed by atoms with Gasteiger partial charge in [-0.25, -0.2) is 13.6 Å². The van der Waals surface area contributed by atoms with Gasteiger partial charge in [-0.05, 0) is 38.8 Å². The number of urea groups is 1. The monoisotopic (exact) mass is 418 g/mol. The summed E-state index contributed by atoms with van der Waals surface area (Å²) in [6, 6.07) is 3.14. The molecular weight excluding hydrogens is 394 g/mol. The van der Waals surface area contributed by atoms with Crippen molar-refractivity contribution >= 4 is 17.4 Å². The SMILES string of the molecule is COc1nc(C)c(/C(C)=N/N)c(C2CCN(C(=O)Nc3c(F)cccc3F)CC2)n1. The van der Waals surface area contributed by atoms with Crippen molar-refractivity contribution in [3.8, 4) is 6.01 Å². The third-order valence-corrected chi connectivity index (χ3v) is 5.20. The molecule has 2 aromatic rings. The summed E-state index contributed by atoms with van der Waals surface area (Å²) >= 11 is 0. The average molecular weight is 418 g/mol. The fourth-order valence-corrected chi connectivity index (χ4v) is 3.63. The maximum atomic E-state index is 13.8. The molecule has 1 saturated heterocycles. The number of rotatable bonds is 4. The second kappa shape index (κ2) is 9.02. The molecule has 2 amide bonds. The van der Waals surface area contributed by atoms with Crippen molar-refractivity contribution in [1.82, 2.24) is 14.9 Å². The van der Waals surface area contributed by atoms with Gasteiger partial charge in [0.15, 0.2) is 0 Å². The molecular formula is C20H24F2N6O2. The minimum absolute atomic E-state index is 0.0292. The first-order valence-electron chi connectivity index (χ1n) is 9.53. The van der Waals surface area contributed by atoms with Gasteiger partial charge in [-0.1, -0.05) is 6.07 Å². The van der Waals surface area contributed by atoms with Crippen molar-refractivity contribution in [3.05, 3.63) is 46.8 Å². The van der Waals surface area contributed by atoms with E-state index in [1.54, 1.807) is 6.92 Å². The Hall–Kier alpha value is -3.30. The Morgan fingerprint density at radius 3 is 2.47 bits per heavy atom. The Morgan fingerprint density at radius 2 is 1.90 bits per heavy atom. The van der Waals surface area contributed by atoms with Gasteiger partial charge in [0, 0.05) is 24.6 Å². The van der Waals surface area contributed by atoms with Crippen LogP contribution in [0.4, 0.5) is 19.3 Å². The number of piperidine rings is 1. The van der Waals surface area contributed by atoms with Crippen LogP contribution in [0.3, 0.4) is 0 Å². The summed E-state index contributed by atoms with van der Waals surface area (Å²) in [7, 11) is 1.50. The Kier molecular flexibility index (Phi) is 6.43. The summed E-state index contributed by atoms with van der Waals surface area (Å²) < 4.78 is 32.8. The Balaban J connectivity index is 1.76. The van der Waals surface area contributed by atoms with E-state index < -0.39 is 23.4 Å². The molecule has 2 heterocycles. The number of nitrogens with one attached hydrogen (secondary N) is 1. The van der Waals surface area contributed by atoms with Crippen LogP contribution in [0.2, 0.25) is 0 Å². The van der Waals surface area contributed by atoms with Crippen LogP contribution >= 0.6 is 0 Å². The summed E-state index contributed by atoms with van der Waals surface area (Å²) in [6.07, 6.45) is 1.22. The molecule has 0 bridgehead atoms. The van der Waals surface area contributed by atoms with E-state index in [1.165, 1.54) is 18.1 Å². The van der Waals surface area contributed by atoms with Crippen molar-refractivity contribution in [2.45, 2.75) is 32.6 Å².